The van der Waals surface area contributed by atoms with Gasteiger partial charge >= 0.3 is 6.18 Å². The normalized spacial score (nSPS) is 19.3. The van der Waals surface area contributed by atoms with Crippen LogP contribution in [0.25, 0.3) is 0 Å². The molecule has 1 N–H and O–H groups in total. The maximum Gasteiger partial charge on any atom is 0.416 e. The predicted molar refractivity (Wildman–Crippen MR) is 112 cm³/mol. The van der Waals surface area contributed by atoms with E-state index in [1.54, 1.807) is 11.0 Å². The zero-order chi connectivity index (χ0) is 23.8. The van der Waals surface area contributed by atoms with Gasteiger partial charge in [-0.25, -0.2) is 4.39 Å². The molecule has 2 aromatic rings. The smallest absolute Gasteiger partial charge is 0.416 e. The van der Waals surface area contributed by atoms with Crippen LogP contribution in [0.3, 0.4) is 0 Å². The minimum absolute atomic E-state index is 0.0307. The quantitative estimate of drug-likeness (QED) is 0.667. The minimum Gasteiger partial charge on any atom is -0.494 e. The number of nitrogens with one attached hydrogen (secondary N) is 1. The number of hydrogen-bond acceptors (Lipinski definition) is 3. The number of benzene rings is 2. The Morgan fingerprint density at radius 3 is 2.52 bits per heavy atom. The van der Waals surface area contributed by atoms with Crippen molar-refractivity contribution in [3.63, 3.8) is 0 Å². The Morgan fingerprint density at radius 1 is 1.15 bits per heavy atom. The lowest BCUT2D eigenvalue weighted by Gasteiger charge is -2.33. The molecule has 1 saturated heterocycles. The molecular formula is C24H24F4N2O3. The van der Waals surface area contributed by atoms with Crippen molar-refractivity contribution in [2.24, 2.45) is 11.3 Å². The van der Waals surface area contributed by atoms with E-state index in [1.807, 2.05) is 0 Å². The molecule has 2 amide bonds. The number of rotatable bonds is 5. The maximum absolute atomic E-state index is 13.9. The maximum atomic E-state index is 13.9. The fourth-order valence-electron chi connectivity index (χ4n) is 4.58. The number of carbonyl (C=O) groups is 2. The number of hydrogen-bond donors (Lipinski definition) is 1. The zero-order valence-corrected chi connectivity index (χ0v) is 18.0. The summed E-state index contributed by atoms with van der Waals surface area (Å²) in [6, 6.07) is 9.00. The Balaban J connectivity index is 1.29. The Morgan fingerprint density at radius 2 is 1.88 bits per heavy atom. The molecule has 1 unspecified atom stereocenters. The first-order valence-corrected chi connectivity index (χ1v) is 10.7. The molecule has 0 bridgehead atoms. The number of alkyl halides is 3. The van der Waals surface area contributed by atoms with E-state index >= 15 is 0 Å². The van der Waals surface area contributed by atoms with Crippen molar-refractivity contribution in [1.29, 1.82) is 0 Å². The third-order valence-electron chi connectivity index (χ3n) is 6.67. The first-order chi connectivity index (χ1) is 15.6. The van der Waals surface area contributed by atoms with Crippen molar-refractivity contribution in [3.05, 3.63) is 65.0 Å². The minimum atomic E-state index is -4.43. The Hall–Kier alpha value is -3.10. The summed E-state index contributed by atoms with van der Waals surface area (Å²) in [5.41, 5.74) is -0.291. The molecule has 1 spiro atoms. The number of likely N-dealkylation sites (tertiary alicyclic amines) is 1. The largest absolute Gasteiger partial charge is 0.494 e. The second kappa shape index (κ2) is 8.68. The highest BCUT2D eigenvalue weighted by Gasteiger charge is 2.58. The summed E-state index contributed by atoms with van der Waals surface area (Å²) in [6.45, 7) is 0.955. The fraction of sp³-hybridized carbons (Fsp3) is 0.417. The molecule has 0 radical (unpaired) electrons. The van der Waals surface area contributed by atoms with Gasteiger partial charge in [-0.15, -0.1) is 0 Å². The van der Waals surface area contributed by atoms with Gasteiger partial charge in [0, 0.05) is 31.1 Å². The third-order valence-corrected chi connectivity index (χ3v) is 6.67. The highest BCUT2D eigenvalue weighted by atomic mass is 19.4. The molecule has 0 aromatic heterocycles. The first-order valence-electron chi connectivity index (χ1n) is 10.7. The zero-order valence-electron chi connectivity index (χ0n) is 18.0. The summed E-state index contributed by atoms with van der Waals surface area (Å²) < 4.78 is 57.4. The van der Waals surface area contributed by atoms with Gasteiger partial charge in [0.25, 0.3) is 5.91 Å². The van der Waals surface area contributed by atoms with Crippen LogP contribution < -0.4 is 10.1 Å². The summed E-state index contributed by atoms with van der Waals surface area (Å²) in [4.78, 5) is 27.0. The van der Waals surface area contributed by atoms with E-state index in [2.05, 4.69) is 5.32 Å². The number of amides is 2. The van der Waals surface area contributed by atoms with Gasteiger partial charge in [0.05, 0.1) is 12.7 Å². The van der Waals surface area contributed by atoms with Gasteiger partial charge in [0.2, 0.25) is 5.91 Å². The van der Waals surface area contributed by atoms with E-state index in [4.69, 9.17) is 4.74 Å². The number of carbonyl (C=O) groups excluding carboxylic acids is 2. The summed E-state index contributed by atoms with van der Waals surface area (Å²) in [5, 5.41) is 2.75. The van der Waals surface area contributed by atoms with Gasteiger partial charge in [-0.2, -0.15) is 13.2 Å². The van der Waals surface area contributed by atoms with Crippen LogP contribution in [-0.4, -0.2) is 36.9 Å². The summed E-state index contributed by atoms with van der Waals surface area (Å²) >= 11 is 0. The Kier molecular flexibility index (Phi) is 6.07. The van der Waals surface area contributed by atoms with Gasteiger partial charge in [-0.05, 0) is 60.6 Å². The molecule has 1 aliphatic carbocycles. The van der Waals surface area contributed by atoms with Crippen LogP contribution >= 0.6 is 0 Å². The van der Waals surface area contributed by atoms with E-state index in [9.17, 15) is 27.2 Å². The Labute approximate surface area is 188 Å². The lowest BCUT2D eigenvalue weighted by atomic mass is 9.90. The molecule has 5 nitrogen and oxygen atoms in total. The summed E-state index contributed by atoms with van der Waals surface area (Å²) in [7, 11) is 1.35. The molecule has 4 rings (SSSR count). The van der Waals surface area contributed by atoms with Crippen LogP contribution in [0, 0.1) is 17.2 Å². The summed E-state index contributed by atoms with van der Waals surface area (Å²) in [6.07, 6.45) is -2.43. The molecule has 1 heterocycles. The molecule has 2 fully saturated rings. The fourth-order valence-corrected chi connectivity index (χ4v) is 4.58. The average Bonchev–Trinajstić information content (AvgIpc) is 3.50. The average molecular weight is 464 g/mol. The van der Waals surface area contributed by atoms with Gasteiger partial charge in [0.15, 0.2) is 11.6 Å². The van der Waals surface area contributed by atoms with Crippen molar-refractivity contribution in [2.45, 2.75) is 32.0 Å². The Bertz CT molecular complexity index is 1060. The van der Waals surface area contributed by atoms with E-state index in [1.165, 1.54) is 25.3 Å². The monoisotopic (exact) mass is 464 g/mol. The standard InChI is InChI=1S/C24H24F4N2O3/c1-33-20-6-5-16(12-19(20)25)22(32)30-9-7-23(8-10-30)13-18(23)21(31)29-14-15-3-2-4-17(11-15)24(26,27)28/h2-6,11-12,18H,7-10,13-14H2,1H3,(H,29,31). The van der Waals surface area contributed by atoms with Crippen molar-refractivity contribution < 1.29 is 31.9 Å². The molecule has 9 heteroatoms. The second-order valence-corrected chi connectivity index (χ2v) is 8.68. The van der Waals surface area contributed by atoms with Crippen LogP contribution in [0.4, 0.5) is 17.6 Å². The molecule has 33 heavy (non-hydrogen) atoms. The highest BCUT2D eigenvalue weighted by molar-refractivity contribution is 5.94. The molecule has 1 saturated carbocycles. The van der Waals surface area contributed by atoms with Crippen LogP contribution in [0.5, 0.6) is 5.75 Å². The van der Waals surface area contributed by atoms with Crippen LogP contribution in [0.2, 0.25) is 0 Å². The summed E-state index contributed by atoms with van der Waals surface area (Å²) in [5.74, 6) is -1.18. The molecule has 176 valence electrons. The number of piperidine rings is 1. The number of ether oxygens (including phenoxy) is 1. The number of methoxy groups -OCH3 is 1. The topological polar surface area (TPSA) is 58.6 Å². The van der Waals surface area contributed by atoms with E-state index < -0.39 is 17.6 Å². The first kappa shape index (κ1) is 23.1. The van der Waals surface area contributed by atoms with Crippen molar-refractivity contribution in [1.82, 2.24) is 10.2 Å². The third kappa shape index (κ3) is 4.82. The van der Waals surface area contributed by atoms with Gasteiger partial charge in [-0.1, -0.05) is 12.1 Å². The van der Waals surface area contributed by atoms with E-state index in [-0.39, 0.29) is 41.0 Å². The van der Waals surface area contributed by atoms with E-state index in [0.717, 1.165) is 18.2 Å². The predicted octanol–water partition coefficient (Wildman–Crippen LogP) is 4.41. The number of nitrogens with zero attached hydrogens (tertiary/aromatic N) is 1. The molecule has 1 aliphatic heterocycles. The number of halogens is 4. The van der Waals surface area contributed by atoms with Gasteiger partial charge in [0.1, 0.15) is 0 Å². The van der Waals surface area contributed by atoms with Crippen LogP contribution in [0.1, 0.15) is 40.7 Å². The lowest BCUT2D eigenvalue weighted by Crippen LogP contribution is -2.40. The second-order valence-electron chi connectivity index (χ2n) is 8.68. The highest BCUT2D eigenvalue weighted by Crippen LogP contribution is 2.59. The molecule has 1 atom stereocenters. The van der Waals surface area contributed by atoms with Crippen molar-refractivity contribution >= 4 is 11.8 Å². The van der Waals surface area contributed by atoms with E-state index in [0.29, 0.717) is 37.9 Å². The van der Waals surface area contributed by atoms with Crippen molar-refractivity contribution in [2.75, 3.05) is 20.2 Å². The lowest BCUT2D eigenvalue weighted by molar-refractivity contribution is -0.137. The SMILES string of the molecule is COc1ccc(C(=O)N2CCC3(CC2)CC3C(=O)NCc2cccc(C(F)(F)F)c2)cc1F. The molecular weight excluding hydrogens is 440 g/mol. The molecule has 2 aromatic carbocycles. The van der Waals surface area contributed by atoms with Crippen LogP contribution in [0.15, 0.2) is 42.5 Å². The molecule has 2 aliphatic rings. The van der Waals surface area contributed by atoms with Crippen LogP contribution in [-0.2, 0) is 17.5 Å². The van der Waals surface area contributed by atoms with Crippen molar-refractivity contribution in [3.8, 4) is 5.75 Å². The van der Waals surface area contributed by atoms with Gasteiger partial charge in [-0.3, -0.25) is 9.59 Å². The van der Waals surface area contributed by atoms with Gasteiger partial charge < -0.3 is 15.0 Å².